The standard InChI is InChI=1S/C36H37N7O3S2/c1-5-6-17-41-32(40-20-18-39(19-21-40)26-13-9-7-10-14-26)28(24(2)29(23-37)33(41)44)22-30-34(45)42(36(47)48-30)31-25(3)38(4)43(35(31)46)27-15-11-8-12-16-27/h7-16,22H,5-6,17-21H2,1-4H3. The summed E-state index contributed by atoms with van der Waals surface area (Å²) in [4.78, 5) is 48.0. The second kappa shape index (κ2) is 13.7. The van der Waals surface area contributed by atoms with Gasteiger partial charge in [0.05, 0.1) is 16.3 Å². The fourth-order valence-electron chi connectivity index (χ4n) is 6.43. The van der Waals surface area contributed by atoms with Crippen molar-refractivity contribution in [1.29, 1.82) is 5.26 Å². The van der Waals surface area contributed by atoms with Gasteiger partial charge in [-0.05, 0) is 56.2 Å². The highest BCUT2D eigenvalue weighted by atomic mass is 32.2. The molecule has 6 rings (SSSR count). The third-order valence-electron chi connectivity index (χ3n) is 9.10. The van der Waals surface area contributed by atoms with Crippen molar-refractivity contribution < 1.29 is 4.79 Å². The molecule has 4 heterocycles. The number of benzene rings is 2. The van der Waals surface area contributed by atoms with E-state index < -0.39 is 5.91 Å². The number of carbonyl (C=O) groups is 1. The molecule has 0 spiro atoms. The Bertz CT molecular complexity index is 2080. The lowest BCUT2D eigenvalue weighted by Gasteiger charge is -2.39. The van der Waals surface area contributed by atoms with Gasteiger partial charge >= 0.3 is 0 Å². The molecule has 0 unspecified atom stereocenters. The second-order valence-electron chi connectivity index (χ2n) is 11.9. The highest BCUT2D eigenvalue weighted by Gasteiger charge is 2.38. The predicted octanol–water partition coefficient (Wildman–Crippen LogP) is 5.36. The maximum absolute atomic E-state index is 14.2. The Kier molecular flexibility index (Phi) is 9.44. The number of carbonyl (C=O) groups excluding carboxylic acids is 1. The highest BCUT2D eigenvalue weighted by Crippen LogP contribution is 2.39. The molecule has 0 radical (unpaired) electrons. The number of amides is 1. The molecule has 2 aromatic heterocycles. The van der Waals surface area contributed by atoms with Crippen LogP contribution < -0.4 is 25.8 Å². The molecular weight excluding hydrogens is 643 g/mol. The number of anilines is 3. The van der Waals surface area contributed by atoms with Crippen LogP contribution in [0.25, 0.3) is 11.8 Å². The first-order valence-electron chi connectivity index (χ1n) is 16.0. The molecule has 12 heteroatoms. The molecule has 48 heavy (non-hydrogen) atoms. The molecule has 0 saturated carbocycles. The number of unbranched alkanes of at least 4 members (excludes halogenated alkanes) is 1. The van der Waals surface area contributed by atoms with Crippen LogP contribution in [0.15, 0.2) is 75.2 Å². The average molecular weight is 680 g/mol. The van der Waals surface area contributed by atoms with Crippen LogP contribution in [-0.2, 0) is 18.4 Å². The molecule has 0 N–H and O–H groups in total. The number of nitrogens with zero attached hydrogens (tertiary/aromatic N) is 7. The van der Waals surface area contributed by atoms with Gasteiger partial charge < -0.3 is 9.80 Å². The van der Waals surface area contributed by atoms with E-state index in [9.17, 15) is 19.6 Å². The molecule has 1 amide bonds. The minimum absolute atomic E-state index is 0.0594. The van der Waals surface area contributed by atoms with Gasteiger partial charge in [0.15, 0.2) is 4.32 Å². The Labute approximate surface area is 289 Å². The summed E-state index contributed by atoms with van der Waals surface area (Å²) in [7, 11) is 1.77. The molecule has 2 saturated heterocycles. The van der Waals surface area contributed by atoms with E-state index in [0.29, 0.717) is 52.9 Å². The van der Waals surface area contributed by atoms with E-state index >= 15 is 0 Å². The number of hydrogen-bond donors (Lipinski definition) is 0. The van der Waals surface area contributed by atoms with Crippen molar-refractivity contribution in [3.05, 3.63) is 109 Å². The molecule has 2 aliphatic rings. The molecule has 246 valence electrons. The van der Waals surface area contributed by atoms with Crippen LogP contribution in [-0.4, -0.2) is 50.3 Å². The molecule has 0 atom stereocenters. The van der Waals surface area contributed by atoms with Crippen LogP contribution in [0, 0.1) is 25.2 Å². The number of hydrogen-bond acceptors (Lipinski definition) is 8. The van der Waals surface area contributed by atoms with E-state index in [0.717, 1.165) is 43.4 Å². The van der Waals surface area contributed by atoms with E-state index in [-0.39, 0.29) is 26.7 Å². The monoisotopic (exact) mass is 679 g/mol. The summed E-state index contributed by atoms with van der Waals surface area (Å²) in [5.41, 5.74) is 3.15. The summed E-state index contributed by atoms with van der Waals surface area (Å²) in [5, 5.41) is 10.1. The number of nitriles is 1. The third-order valence-corrected chi connectivity index (χ3v) is 10.4. The molecule has 2 aromatic carbocycles. The van der Waals surface area contributed by atoms with Gasteiger partial charge in [0, 0.05) is 51.0 Å². The smallest absolute Gasteiger partial charge is 0.296 e. The number of rotatable bonds is 8. The second-order valence-corrected chi connectivity index (χ2v) is 13.6. The minimum atomic E-state index is -0.417. The maximum Gasteiger partial charge on any atom is 0.296 e. The number of thioether (sulfide) groups is 1. The van der Waals surface area contributed by atoms with Crippen molar-refractivity contribution in [2.75, 3.05) is 40.9 Å². The van der Waals surface area contributed by atoms with E-state index in [1.54, 1.807) is 36.2 Å². The van der Waals surface area contributed by atoms with Gasteiger partial charge in [-0.15, -0.1) is 0 Å². The van der Waals surface area contributed by atoms with E-state index in [4.69, 9.17) is 12.2 Å². The summed E-state index contributed by atoms with van der Waals surface area (Å²) in [6, 6.07) is 21.6. The maximum atomic E-state index is 14.2. The Morgan fingerprint density at radius 1 is 0.896 bits per heavy atom. The zero-order valence-electron chi connectivity index (χ0n) is 27.5. The first-order valence-corrected chi connectivity index (χ1v) is 17.2. The van der Waals surface area contributed by atoms with Gasteiger partial charge in [-0.1, -0.05) is 73.7 Å². The van der Waals surface area contributed by atoms with Crippen molar-refractivity contribution in [2.45, 2.75) is 40.2 Å². The van der Waals surface area contributed by atoms with Gasteiger partial charge in [-0.2, -0.15) is 5.26 Å². The zero-order chi connectivity index (χ0) is 34.1. The number of piperazine rings is 1. The number of thiocarbonyl (C=S) groups is 1. The van der Waals surface area contributed by atoms with Crippen LogP contribution in [0.1, 0.15) is 42.1 Å². The number of para-hydroxylation sites is 2. The van der Waals surface area contributed by atoms with Gasteiger partial charge in [0.25, 0.3) is 17.0 Å². The van der Waals surface area contributed by atoms with Gasteiger partial charge in [0.1, 0.15) is 23.1 Å². The van der Waals surface area contributed by atoms with E-state index in [1.807, 2.05) is 48.5 Å². The lowest BCUT2D eigenvalue weighted by atomic mass is 10.0. The van der Waals surface area contributed by atoms with Crippen molar-refractivity contribution in [3.8, 4) is 11.8 Å². The number of aromatic nitrogens is 3. The van der Waals surface area contributed by atoms with E-state index in [1.165, 1.54) is 9.58 Å². The third kappa shape index (κ3) is 5.77. The molecule has 10 nitrogen and oxygen atoms in total. The van der Waals surface area contributed by atoms with Gasteiger partial charge in [0.2, 0.25) is 0 Å². The van der Waals surface area contributed by atoms with Crippen LogP contribution >= 0.6 is 24.0 Å². The number of pyridine rings is 1. The minimum Gasteiger partial charge on any atom is -0.368 e. The van der Waals surface area contributed by atoms with Crippen LogP contribution in [0.5, 0.6) is 0 Å². The molecule has 0 bridgehead atoms. The predicted molar refractivity (Wildman–Crippen MR) is 197 cm³/mol. The molecule has 4 aromatic rings. The molecule has 0 aliphatic carbocycles. The van der Waals surface area contributed by atoms with Crippen LogP contribution in [0.2, 0.25) is 0 Å². The van der Waals surface area contributed by atoms with E-state index in [2.05, 4.69) is 34.9 Å². The Hall–Kier alpha value is -4.86. The first kappa shape index (κ1) is 33.1. The fraction of sp³-hybridized carbons (Fsp3) is 0.306. The van der Waals surface area contributed by atoms with Crippen LogP contribution in [0.3, 0.4) is 0 Å². The topological polar surface area (TPSA) is 99.5 Å². The van der Waals surface area contributed by atoms with Crippen molar-refractivity contribution in [1.82, 2.24) is 13.9 Å². The lowest BCUT2D eigenvalue weighted by molar-refractivity contribution is -0.113. The molecule has 2 fully saturated rings. The zero-order valence-corrected chi connectivity index (χ0v) is 29.1. The fourth-order valence-corrected chi connectivity index (χ4v) is 7.68. The normalized spacial score (nSPS) is 15.9. The Balaban J connectivity index is 1.44. The van der Waals surface area contributed by atoms with Gasteiger partial charge in [-0.3, -0.25) is 28.5 Å². The largest absolute Gasteiger partial charge is 0.368 e. The van der Waals surface area contributed by atoms with Crippen molar-refractivity contribution in [3.63, 3.8) is 0 Å². The Morgan fingerprint density at radius 3 is 2.10 bits per heavy atom. The van der Waals surface area contributed by atoms with Crippen molar-refractivity contribution in [2.24, 2.45) is 7.05 Å². The summed E-state index contributed by atoms with van der Waals surface area (Å²) >= 11 is 6.85. The average Bonchev–Trinajstić information content (AvgIpc) is 3.50. The molecule has 2 aliphatic heterocycles. The lowest BCUT2D eigenvalue weighted by Crippen LogP contribution is -2.48. The Morgan fingerprint density at radius 2 is 1.50 bits per heavy atom. The van der Waals surface area contributed by atoms with Gasteiger partial charge in [-0.25, -0.2) is 4.68 Å². The first-order chi connectivity index (χ1) is 23.2. The SMILES string of the molecule is CCCCn1c(N2CCN(c3ccccc3)CC2)c(C=C2SC(=S)N(c3c(C)n(C)n(-c4ccccc4)c3=O)C2=O)c(C)c(C#N)c1=O. The summed E-state index contributed by atoms with van der Waals surface area (Å²) in [6.45, 7) is 8.85. The summed E-state index contributed by atoms with van der Waals surface area (Å²) in [6.07, 6.45) is 3.38. The van der Waals surface area contributed by atoms with Crippen molar-refractivity contribution >= 4 is 57.5 Å². The summed E-state index contributed by atoms with van der Waals surface area (Å²) in [5.74, 6) is 0.283. The quantitative estimate of drug-likeness (QED) is 0.182. The molecular formula is C36H37N7O3S2. The summed E-state index contributed by atoms with van der Waals surface area (Å²) < 4.78 is 5.19. The van der Waals surface area contributed by atoms with Crippen LogP contribution in [0.4, 0.5) is 17.2 Å². The highest BCUT2D eigenvalue weighted by molar-refractivity contribution is 8.27.